The summed E-state index contributed by atoms with van der Waals surface area (Å²) in [5.41, 5.74) is 7.30. The summed E-state index contributed by atoms with van der Waals surface area (Å²) in [5.74, 6) is -0.123. The van der Waals surface area contributed by atoms with E-state index in [2.05, 4.69) is 22.7 Å². The van der Waals surface area contributed by atoms with E-state index >= 15 is 0 Å². The van der Waals surface area contributed by atoms with Crippen LogP contribution in [-0.2, 0) is 12.8 Å². The minimum Gasteiger partial charge on any atom is -0.358 e. The maximum atomic E-state index is 12.1. The van der Waals surface area contributed by atoms with Gasteiger partial charge in [-0.2, -0.15) is 0 Å². The molecule has 4 nitrogen and oxygen atoms in total. The third kappa shape index (κ3) is 3.54. The average molecular weight is 295 g/mol. The summed E-state index contributed by atoms with van der Waals surface area (Å²) < 4.78 is 0. The van der Waals surface area contributed by atoms with Gasteiger partial charge < -0.3 is 5.32 Å². The number of amides is 1. The molecule has 19 heavy (non-hydrogen) atoms. The Morgan fingerprint density at radius 2 is 2.21 bits per heavy atom. The Kier molecular flexibility index (Phi) is 4.93. The van der Waals surface area contributed by atoms with Crippen molar-refractivity contribution in [3.8, 4) is 0 Å². The quantitative estimate of drug-likeness (QED) is 0.453. The summed E-state index contributed by atoms with van der Waals surface area (Å²) >= 11 is 6.68. The number of thiocarbonyl (C=S) groups is 1. The number of hydrazine groups is 1. The van der Waals surface area contributed by atoms with Crippen molar-refractivity contribution in [2.24, 2.45) is 0 Å². The van der Waals surface area contributed by atoms with Gasteiger partial charge in [-0.15, -0.1) is 17.9 Å². The van der Waals surface area contributed by atoms with Crippen LogP contribution >= 0.6 is 23.6 Å². The second-order valence-corrected chi connectivity index (χ2v) is 5.71. The van der Waals surface area contributed by atoms with Crippen LogP contribution in [0.25, 0.3) is 0 Å². The fourth-order valence-electron chi connectivity index (χ4n) is 2.07. The lowest BCUT2D eigenvalue weighted by Crippen LogP contribution is -2.46. The molecule has 1 aliphatic carbocycles. The third-order valence-corrected chi connectivity index (χ3v) is 4.34. The standard InChI is InChI=1S/C13H17N3OS2/c1-2-7-14-13(18)16-15-12(17)10-8-19-11-6-4-3-5-9(10)11/h2,8H,1,3-7H2,(H,15,17)(H2,14,16,18). The van der Waals surface area contributed by atoms with E-state index in [1.54, 1.807) is 17.4 Å². The molecule has 0 fully saturated rings. The monoisotopic (exact) mass is 295 g/mol. The highest BCUT2D eigenvalue weighted by atomic mass is 32.1. The zero-order valence-corrected chi connectivity index (χ0v) is 12.3. The van der Waals surface area contributed by atoms with Gasteiger partial charge in [0.05, 0.1) is 5.56 Å². The Morgan fingerprint density at radius 1 is 1.42 bits per heavy atom. The summed E-state index contributed by atoms with van der Waals surface area (Å²) in [6.07, 6.45) is 6.19. The molecule has 0 radical (unpaired) electrons. The number of aryl methyl sites for hydroxylation is 1. The van der Waals surface area contributed by atoms with Crippen LogP contribution in [0.5, 0.6) is 0 Å². The normalized spacial score (nSPS) is 13.3. The maximum Gasteiger partial charge on any atom is 0.270 e. The number of rotatable bonds is 3. The summed E-state index contributed by atoms with van der Waals surface area (Å²) in [6.45, 7) is 4.15. The highest BCUT2D eigenvalue weighted by molar-refractivity contribution is 7.80. The molecule has 0 saturated heterocycles. The van der Waals surface area contributed by atoms with Crippen molar-refractivity contribution in [3.63, 3.8) is 0 Å². The molecule has 1 heterocycles. The topological polar surface area (TPSA) is 53.2 Å². The molecule has 2 rings (SSSR count). The van der Waals surface area contributed by atoms with Gasteiger partial charge in [-0.05, 0) is 43.5 Å². The zero-order chi connectivity index (χ0) is 13.7. The van der Waals surface area contributed by atoms with E-state index in [1.807, 2.05) is 5.38 Å². The van der Waals surface area contributed by atoms with Crippen LogP contribution in [-0.4, -0.2) is 17.6 Å². The number of hydrogen-bond donors (Lipinski definition) is 3. The molecule has 0 bridgehead atoms. The molecule has 1 aliphatic rings. The van der Waals surface area contributed by atoms with E-state index in [9.17, 15) is 4.79 Å². The summed E-state index contributed by atoms with van der Waals surface area (Å²) in [7, 11) is 0. The third-order valence-electron chi connectivity index (χ3n) is 3.00. The molecule has 0 aromatic carbocycles. The van der Waals surface area contributed by atoms with Crippen molar-refractivity contribution in [2.75, 3.05) is 6.54 Å². The van der Waals surface area contributed by atoms with Gasteiger partial charge >= 0.3 is 0 Å². The molecule has 1 amide bonds. The van der Waals surface area contributed by atoms with Crippen LogP contribution in [0.4, 0.5) is 0 Å². The number of carbonyl (C=O) groups is 1. The van der Waals surface area contributed by atoms with E-state index in [-0.39, 0.29) is 5.91 Å². The minimum absolute atomic E-state index is 0.123. The molecule has 6 heteroatoms. The van der Waals surface area contributed by atoms with Crippen LogP contribution < -0.4 is 16.2 Å². The molecule has 0 unspecified atom stereocenters. The van der Waals surface area contributed by atoms with E-state index < -0.39 is 0 Å². The van der Waals surface area contributed by atoms with Crippen LogP contribution in [0.2, 0.25) is 0 Å². The van der Waals surface area contributed by atoms with Crippen molar-refractivity contribution in [1.82, 2.24) is 16.2 Å². The molecule has 0 atom stereocenters. The van der Waals surface area contributed by atoms with E-state index in [4.69, 9.17) is 12.2 Å². The number of nitrogens with one attached hydrogen (secondary N) is 3. The molecule has 0 saturated carbocycles. The highest BCUT2D eigenvalue weighted by Gasteiger charge is 2.19. The summed E-state index contributed by atoms with van der Waals surface area (Å²) in [4.78, 5) is 13.4. The Labute approximate surface area is 122 Å². The number of fused-ring (bicyclic) bond motifs is 1. The SMILES string of the molecule is C=CCNC(=S)NNC(=O)c1csc2c1CCCC2. The van der Waals surface area contributed by atoms with Gasteiger partial charge in [0.25, 0.3) is 5.91 Å². The fraction of sp³-hybridized carbons (Fsp3) is 0.385. The molecule has 102 valence electrons. The minimum atomic E-state index is -0.123. The molecule has 0 spiro atoms. The van der Waals surface area contributed by atoms with E-state index in [1.165, 1.54) is 16.9 Å². The first-order valence-corrected chi connectivity index (χ1v) is 7.55. The van der Waals surface area contributed by atoms with Crippen molar-refractivity contribution in [1.29, 1.82) is 0 Å². The van der Waals surface area contributed by atoms with Crippen molar-refractivity contribution < 1.29 is 4.79 Å². The van der Waals surface area contributed by atoms with Crippen LogP contribution in [0.1, 0.15) is 33.6 Å². The smallest absolute Gasteiger partial charge is 0.270 e. The van der Waals surface area contributed by atoms with Crippen molar-refractivity contribution in [2.45, 2.75) is 25.7 Å². The molecular weight excluding hydrogens is 278 g/mol. The molecule has 0 aliphatic heterocycles. The van der Waals surface area contributed by atoms with Crippen molar-refractivity contribution >= 4 is 34.6 Å². The summed E-state index contributed by atoms with van der Waals surface area (Å²) in [5, 5.41) is 5.21. The van der Waals surface area contributed by atoms with Crippen LogP contribution in [0, 0.1) is 0 Å². The van der Waals surface area contributed by atoms with E-state index in [0.29, 0.717) is 11.7 Å². The Bertz CT molecular complexity index is 496. The van der Waals surface area contributed by atoms with Gasteiger partial charge in [0.2, 0.25) is 0 Å². The Morgan fingerprint density at radius 3 is 3.00 bits per heavy atom. The maximum absolute atomic E-state index is 12.1. The Hall–Kier alpha value is -1.40. The first-order chi connectivity index (χ1) is 9.22. The zero-order valence-electron chi connectivity index (χ0n) is 10.6. The molecule has 1 aromatic heterocycles. The van der Waals surface area contributed by atoms with Gasteiger partial charge in [-0.1, -0.05) is 6.08 Å². The van der Waals surface area contributed by atoms with Crippen molar-refractivity contribution in [3.05, 3.63) is 34.0 Å². The Balaban J connectivity index is 1.91. The van der Waals surface area contributed by atoms with Gasteiger partial charge in [0.15, 0.2) is 5.11 Å². The lowest BCUT2D eigenvalue weighted by Gasteiger charge is -2.13. The second kappa shape index (κ2) is 6.68. The molecule has 1 aromatic rings. The van der Waals surface area contributed by atoms with Gasteiger partial charge in [-0.25, -0.2) is 0 Å². The molecular formula is C13H17N3OS2. The highest BCUT2D eigenvalue weighted by Crippen LogP contribution is 2.29. The predicted molar refractivity (Wildman–Crippen MR) is 82.4 cm³/mol. The average Bonchev–Trinajstić information content (AvgIpc) is 2.86. The fourth-order valence-corrected chi connectivity index (χ4v) is 3.33. The lowest BCUT2D eigenvalue weighted by atomic mass is 9.96. The number of hydrogen-bond acceptors (Lipinski definition) is 3. The van der Waals surface area contributed by atoms with Gasteiger partial charge in [0, 0.05) is 16.8 Å². The van der Waals surface area contributed by atoms with Crippen LogP contribution in [0.3, 0.4) is 0 Å². The van der Waals surface area contributed by atoms with Gasteiger partial charge in [0.1, 0.15) is 0 Å². The number of carbonyl (C=O) groups excluding carboxylic acids is 1. The lowest BCUT2D eigenvalue weighted by molar-refractivity contribution is 0.0943. The number of thiophene rings is 1. The largest absolute Gasteiger partial charge is 0.358 e. The first kappa shape index (κ1) is 14.0. The molecule has 3 N–H and O–H groups in total. The predicted octanol–water partition coefficient (Wildman–Crippen LogP) is 1.92. The van der Waals surface area contributed by atoms with Crippen LogP contribution in [0.15, 0.2) is 18.0 Å². The van der Waals surface area contributed by atoms with Gasteiger partial charge in [-0.3, -0.25) is 15.6 Å². The first-order valence-electron chi connectivity index (χ1n) is 6.26. The van der Waals surface area contributed by atoms with E-state index in [0.717, 1.165) is 24.8 Å². The summed E-state index contributed by atoms with van der Waals surface area (Å²) in [6, 6.07) is 0. The second-order valence-electron chi connectivity index (χ2n) is 4.34.